The van der Waals surface area contributed by atoms with E-state index in [1.54, 1.807) is 11.3 Å². The Morgan fingerprint density at radius 2 is 2.00 bits per heavy atom. The third kappa shape index (κ3) is 4.33. The number of ether oxygens (including phenoxy) is 1. The zero-order valence-electron chi connectivity index (χ0n) is 15.8. The molecule has 28 heavy (non-hydrogen) atoms. The highest BCUT2D eigenvalue weighted by atomic mass is 32.1. The molecule has 3 aromatic rings. The quantitative estimate of drug-likeness (QED) is 0.664. The maximum atomic E-state index is 13.0. The van der Waals surface area contributed by atoms with Crippen LogP contribution in [0.15, 0.2) is 47.8 Å². The highest BCUT2D eigenvalue weighted by Gasteiger charge is 2.25. The summed E-state index contributed by atoms with van der Waals surface area (Å²) in [5.41, 5.74) is 1.74. The molecule has 0 radical (unpaired) electrons. The van der Waals surface area contributed by atoms with Gasteiger partial charge in [0.2, 0.25) is 0 Å². The van der Waals surface area contributed by atoms with E-state index in [1.807, 2.05) is 37.3 Å². The molecule has 7 heteroatoms. The highest BCUT2D eigenvalue weighted by molar-refractivity contribution is 7.14. The van der Waals surface area contributed by atoms with E-state index in [9.17, 15) is 4.79 Å². The third-order valence-corrected chi connectivity index (χ3v) is 6.74. The molecular weight excluding hydrogens is 390 g/mol. The smallest absolute Gasteiger partial charge is 0.263 e. The lowest BCUT2D eigenvalue weighted by molar-refractivity contribution is 0.0169. The van der Waals surface area contributed by atoms with Crippen LogP contribution in [0.5, 0.6) is 0 Å². The first kappa shape index (κ1) is 19.3. The normalized spacial score (nSPS) is 16.0. The van der Waals surface area contributed by atoms with E-state index in [-0.39, 0.29) is 11.9 Å². The number of aryl methyl sites for hydroxylation is 1. The summed E-state index contributed by atoms with van der Waals surface area (Å²) in [4.78, 5) is 22.0. The van der Waals surface area contributed by atoms with Crippen molar-refractivity contribution in [1.29, 1.82) is 0 Å². The average molecular weight is 414 g/mol. The minimum Gasteiger partial charge on any atom is -0.379 e. The minimum absolute atomic E-state index is 0.0562. The van der Waals surface area contributed by atoms with E-state index in [1.165, 1.54) is 16.2 Å². The molecule has 4 rings (SSSR count). The van der Waals surface area contributed by atoms with Gasteiger partial charge in [0.1, 0.15) is 4.88 Å². The number of nitrogens with one attached hydrogen (secondary N) is 1. The molecule has 0 bridgehead atoms. The van der Waals surface area contributed by atoms with Gasteiger partial charge in [-0.1, -0.05) is 36.4 Å². The largest absolute Gasteiger partial charge is 0.379 e. The molecule has 0 aliphatic carbocycles. The lowest BCUT2D eigenvalue weighted by Crippen LogP contribution is -2.43. The van der Waals surface area contributed by atoms with Crippen molar-refractivity contribution in [3.63, 3.8) is 0 Å². The lowest BCUT2D eigenvalue weighted by Gasteiger charge is -2.34. The summed E-state index contributed by atoms with van der Waals surface area (Å²) in [5, 5.41) is 6.15. The SMILES string of the molecule is Cc1nc(-c2ccccc2)c(C(=O)NCC(c2cccs2)N2CCOCC2)s1. The number of morpholine rings is 1. The predicted octanol–water partition coefficient (Wildman–Crippen LogP) is 3.98. The van der Waals surface area contributed by atoms with E-state index in [0.717, 1.165) is 42.6 Å². The van der Waals surface area contributed by atoms with Crippen LogP contribution in [0.3, 0.4) is 0 Å². The van der Waals surface area contributed by atoms with Crippen molar-refractivity contribution >= 4 is 28.6 Å². The van der Waals surface area contributed by atoms with Crippen molar-refractivity contribution in [1.82, 2.24) is 15.2 Å². The van der Waals surface area contributed by atoms with Gasteiger partial charge in [-0.25, -0.2) is 4.98 Å². The number of aromatic nitrogens is 1. The molecule has 0 spiro atoms. The summed E-state index contributed by atoms with van der Waals surface area (Å²) in [6.07, 6.45) is 0. The van der Waals surface area contributed by atoms with Gasteiger partial charge in [0.15, 0.2) is 0 Å². The number of carbonyl (C=O) groups excluding carboxylic acids is 1. The number of carbonyl (C=O) groups is 1. The number of hydrogen-bond donors (Lipinski definition) is 1. The molecular formula is C21H23N3O2S2. The maximum Gasteiger partial charge on any atom is 0.263 e. The van der Waals surface area contributed by atoms with Crippen molar-refractivity contribution < 1.29 is 9.53 Å². The van der Waals surface area contributed by atoms with Gasteiger partial charge >= 0.3 is 0 Å². The fraction of sp³-hybridized carbons (Fsp3) is 0.333. The predicted molar refractivity (Wildman–Crippen MR) is 114 cm³/mol. The van der Waals surface area contributed by atoms with Gasteiger partial charge in [-0.2, -0.15) is 0 Å². The Balaban J connectivity index is 1.51. The van der Waals surface area contributed by atoms with Crippen LogP contribution in [0.25, 0.3) is 11.3 Å². The number of thiophene rings is 1. The zero-order valence-corrected chi connectivity index (χ0v) is 17.4. The van der Waals surface area contributed by atoms with Crippen LogP contribution in [0.1, 0.15) is 25.6 Å². The minimum atomic E-state index is -0.0562. The second-order valence-electron chi connectivity index (χ2n) is 6.67. The lowest BCUT2D eigenvalue weighted by atomic mass is 10.1. The summed E-state index contributed by atoms with van der Waals surface area (Å²) in [6, 6.07) is 14.3. The molecule has 5 nitrogen and oxygen atoms in total. The van der Waals surface area contributed by atoms with Crippen LogP contribution < -0.4 is 5.32 Å². The van der Waals surface area contributed by atoms with Crippen LogP contribution in [-0.4, -0.2) is 48.6 Å². The first-order valence-electron chi connectivity index (χ1n) is 9.38. The topological polar surface area (TPSA) is 54.5 Å². The molecule has 1 atom stereocenters. The molecule has 1 fully saturated rings. The summed E-state index contributed by atoms with van der Waals surface area (Å²) < 4.78 is 5.50. The Morgan fingerprint density at radius 3 is 2.71 bits per heavy atom. The first-order valence-corrected chi connectivity index (χ1v) is 11.1. The van der Waals surface area contributed by atoms with Gasteiger partial charge in [0.05, 0.1) is 30.0 Å². The summed E-state index contributed by atoms with van der Waals surface area (Å²) in [5.74, 6) is -0.0562. The number of hydrogen-bond acceptors (Lipinski definition) is 6. The van der Waals surface area contributed by atoms with Crippen molar-refractivity contribution in [2.45, 2.75) is 13.0 Å². The van der Waals surface area contributed by atoms with Crippen molar-refractivity contribution in [3.05, 3.63) is 62.6 Å². The molecule has 1 saturated heterocycles. The van der Waals surface area contributed by atoms with Gasteiger partial charge in [0, 0.05) is 30.1 Å². The van der Waals surface area contributed by atoms with E-state index in [4.69, 9.17) is 4.74 Å². The van der Waals surface area contributed by atoms with E-state index < -0.39 is 0 Å². The highest BCUT2D eigenvalue weighted by Crippen LogP contribution is 2.29. The molecule has 1 unspecified atom stereocenters. The van der Waals surface area contributed by atoms with Crippen LogP contribution in [0.4, 0.5) is 0 Å². The van der Waals surface area contributed by atoms with Crippen molar-refractivity contribution in [3.8, 4) is 11.3 Å². The van der Waals surface area contributed by atoms with Gasteiger partial charge in [-0.05, 0) is 18.4 Å². The van der Waals surface area contributed by atoms with E-state index in [0.29, 0.717) is 11.4 Å². The van der Waals surface area contributed by atoms with Crippen LogP contribution in [-0.2, 0) is 4.74 Å². The number of amides is 1. The fourth-order valence-electron chi connectivity index (χ4n) is 3.42. The number of thiazole rings is 1. The molecule has 1 aliphatic heterocycles. The van der Waals surface area contributed by atoms with Crippen LogP contribution >= 0.6 is 22.7 Å². The molecule has 0 saturated carbocycles. The summed E-state index contributed by atoms with van der Waals surface area (Å²) in [6.45, 7) is 5.76. The molecule has 1 aliphatic rings. The summed E-state index contributed by atoms with van der Waals surface area (Å²) in [7, 11) is 0. The Labute approximate surface area is 173 Å². The van der Waals surface area contributed by atoms with E-state index >= 15 is 0 Å². The van der Waals surface area contributed by atoms with Gasteiger partial charge in [-0.15, -0.1) is 22.7 Å². The van der Waals surface area contributed by atoms with Gasteiger partial charge in [0.25, 0.3) is 5.91 Å². The second-order valence-corrected chi connectivity index (χ2v) is 8.85. The first-order chi connectivity index (χ1) is 13.7. The Hall–Kier alpha value is -2.06. The van der Waals surface area contributed by atoms with Crippen LogP contribution in [0, 0.1) is 6.92 Å². The molecule has 1 amide bonds. The Bertz CT molecular complexity index is 903. The monoisotopic (exact) mass is 413 g/mol. The number of nitrogens with zero attached hydrogens (tertiary/aromatic N) is 2. The zero-order chi connectivity index (χ0) is 19.3. The van der Waals surface area contributed by atoms with Crippen LogP contribution in [0.2, 0.25) is 0 Å². The molecule has 1 aromatic carbocycles. The van der Waals surface area contributed by atoms with Gasteiger partial charge in [-0.3, -0.25) is 9.69 Å². The second kappa shape index (κ2) is 8.96. The molecule has 2 aromatic heterocycles. The van der Waals surface area contributed by atoms with E-state index in [2.05, 4.69) is 32.7 Å². The standard InChI is InChI=1S/C21H23N3O2S2/c1-15-23-19(16-6-3-2-4-7-16)20(28-15)21(25)22-14-17(18-8-5-13-27-18)24-9-11-26-12-10-24/h2-8,13,17H,9-12,14H2,1H3,(H,22,25). The molecule has 3 heterocycles. The summed E-state index contributed by atoms with van der Waals surface area (Å²) >= 11 is 3.18. The molecule has 1 N–H and O–H groups in total. The molecule has 146 valence electrons. The average Bonchev–Trinajstić information content (AvgIpc) is 3.39. The third-order valence-electron chi connectivity index (χ3n) is 4.80. The number of benzene rings is 1. The Morgan fingerprint density at radius 1 is 1.21 bits per heavy atom. The fourth-order valence-corrected chi connectivity index (χ4v) is 5.14. The van der Waals surface area contributed by atoms with Crippen molar-refractivity contribution in [2.75, 3.05) is 32.8 Å². The maximum absolute atomic E-state index is 13.0. The Kier molecular flexibility index (Phi) is 6.17. The van der Waals surface area contributed by atoms with Gasteiger partial charge < -0.3 is 10.1 Å². The van der Waals surface area contributed by atoms with Crippen molar-refractivity contribution in [2.24, 2.45) is 0 Å². The number of rotatable bonds is 6.